The van der Waals surface area contributed by atoms with Gasteiger partial charge in [0, 0.05) is 45.2 Å². The van der Waals surface area contributed by atoms with E-state index in [4.69, 9.17) is 16.9 Å². The van der Waals surface area contributed by atoms with Crippen LogP contribution in [-0.4, -0.2) is 54.3 Å². The highest BCUT2D eigenvalue weighted by Gasteiger charge is 2.40. The number of nitrogens with zero attached hydrogens (tertiary/aromatic N) is 2. The topological polar surface area (TPSA) is 114 Å². The molecule has 4 unspecified atom stereocenters. The molecule has 3 heterocycles. The first kappa shape index (κ1) is 19.8. The van der Waals surface area contributed by atoms with Crippen LogP contribution in [0.5, 0.6) is 0 Å². The van der Waals surface area contributed by atoms with Crippen LogP contribution >= 0.6 is 11.6 Å². The van der Waals surface area contributed by atoms with Crippen molar-refractivity contribution >= 4 is 23.4 Å². The molecule has 8 nitrogen and oxygen atoms in total. The van der Waals surface area contributed by atoms with Crippen molar-refractivity contribution < 1.29 is 14.3 Å². The molecule has 0 radical (unpaired) electrons. The molecule has 0 aromatic heterocycles. The van der Waals surface area contributed by atoms with Crippen LogP contribution in [0.15, 0.2) is 10.6 Å². The smallest absolute Gasteiger partial charge is 0.249 e. The van der Waals surface area contributed by atoms with Crippen LogP contribution in [0.4, 0.5) is 0 Å². The monoisotopic (exact) mass is 394 g/mol. The summed E-state index contributed by atoms with van der Waals surface area (Å²) in [6, 6.07) is 1.40. The van der Waals surface area contributed by atoms with E-state index in [-0.39, 0.29) is 54.7 Å². The summed E-state index contributed by atoms with van der Waals surface area (Å²) in [4.78, 5) is 37.0. The van der Waals surface area contributed by atoms with Gasteiger partial charge < -0.3 is 16.0 Å². The van der Waals surface area contributed by atoms with Gasteiger partial charge in [-0.05, 0) is 26.3 Å². The van der Waals surface area contributed by atoms with Crippen molar-refractivity contribution in [2.75, 3.05) is 19.6 Å². The summed E-state index contributed by atoms with van der Waals surface area (Å²) < 4.78 is 0.889. The zero-order chi connectivity index (χ0) is 19.6. The number of hydrogen-bond donors (Lipinski definition) is 3. The maximum atomic E-state index is 12.5. The SMILES string of the molecule is C[C@@H](NC(=O)CC1=C(Cl)C2CNCCC2NC1=O)C1CCC(C#N)C[N+]1=O. The first-order valence-corrected chi connectivity index (χ1v) is 9.81. The molecule has 0 aromatic carbocycles. The van der Waals surface area contributed by atoms with E-state index in [1.54, 1.807) is 6.92 Å². The zero-order valence-corrected chi connectivity index (χ0v) is 16.1. The van der Waals surface area contributed by atoms with Gasteiger partial charge in [-0.3, -0.25) is 9.59 Å². The third-order valence-electron chi connectivity index (χ3n) is 5.75. The summed E-state index contributed by atoms with van der Waals surface area (Å²) in [6.45, 7) is 3.45. The summed E-state index contributed by atoms with van der Waals surface area (Å²) in [5.41, 5.74) is 0.304. The van der Waals surface area contributed by atoms with Crippen LogP contribution in [0.25, 0.3) is 0 Å². The number of halogens is 1. The average Bonchev–Trinajstić information content (AvgIpc) is 2.64. The Labute approximate surface area is 163 Å². The molecule has 9 heteroatoms. The van der Waals surface area contributed by atoms with Crippen molar-refractivity contribution in [2.45, 2.75) is 50.7 Å². The summed E-state index contributed by atoms with van der Waals surface area (Å²) in [5, 5.41) is 18.4. The number of rotatable bonds is 4. The third-order valence-corrected chi connectivity index (χ3v) is 6.26. The molecule has 146 valence electrons. The molecule has 2 saturated heterocycles. The minimum Gasteiger partial charge on any atom is -0.349 e. The molecule has 27 heavy (non-hydrogen) atoms. The zero-order valence-electron chi connectivity index (χ0n) is 15.3. The first-order valence-electron chi connectivity index (χ1n) is 9.43. The molecule has 3 rings (SSSR count). The molecule has 0 aliphatic carbocycles. The van der Waals surface area contributed by atoms with E-state index < -0.39 is 0 Å². The number of nitriles is 1. The van der Waals surface area contributed by atoms with Crippen molar-refractivity contribution in [2.24, 2.45) is 11.8 Å². The van der Waals surface area contributed by atoms with Gasteiger partial charge in [-0.15, -0.1) is 0 Å². The normalized spacial score (nSPS) is 32.2. The standard InChI is InChI=1S/C18H24ClN5O3/c1-10(15-3-2-11(7-20)9-24(15)27)22-16(25)6-12-17(19)13-8-21-5-4-14(13)23-18(12)26/h10-11,13-15,21H,2-6,8-9H2,1H3,(H-,22,23,25,26)/p+1/t10-,11?,13?,14?,15?/m1/s1. The number of piperidine rings is 2. The predicted molar refractivity (Wildman–Crippen MR) is 98.6 cm³/mol. The quantitative estimate of drug-likeness (QED) is 0.603. The van der Waals surface area contributed by atoms with Crippen LogP contribution in [0.1, 0.15) is 32.6 Å². The number of nitrogens with one attached hydrogen (secondary N) is 3. The molecular formula is C18H25ClN5O3+. The molecule has 2 amide bonds. The molecule has 0 bridgehead atoms. The molecule has 3 aliphatic heterocycles. The summed E-state index contributed by atoms with van der Waals surface area (Å²) in [5.74, 6) is -0.875. The van der Waals surface area contributed by atoms with Crippen molar-refractivity contribution in [3.05, 3.63) is 15.5 Å². The molecule has 5 atom stereocenters. The first-order chi connectivity index (χ1) is 12.9. The van der Waals surface area contributed by atoms with Crippen molar-refractivity contribution in [1.29, 1.82) is 5.26 Å². The highest BCUT2D eigenvalue weighted by molar-refractivity contribution is 6.33. The lowest BCUT2D eigenvalue weighted by Crippen LogP contribution is -2.54. The number of fused-ring (bicyclic) bond motifs is 1. The van der Waals surface area contributed by atoms with E-state index in [1.165, 1.54) is 0 Å². The maximum Gasteiger partial charge on any atom is 0.249 e. The van der Waals surface area contributed by atoms with Crippen molar-refractivity contribution in [3.8, 4) is 6.07 Å². The summed E-state index contributed by atoms with van der Waals surface area (Å²) in [7, 11) is 0. The van der Waals surface area contributed by atoms with Crippen molar-refractivity contribution in [3.63, 3.8) is 0 Å². The largest absolute Gasteiger partial charge is 0.349 e. The fourth-order valence-corrected chi connectivity index (χ4v) is 4.56. The van der Waals surface area contributed by atoms with Gasteiger partial charge in [0.25, 0.3) is 0 Å². The molecule has 2 fully saturated rings. The Bertz CT molecular complexity index is 716. The molecular weight excluding hydrogens is 370 g/mol. The highest BCUT2D eigenvalue weighted by Crippen LogP contribution is 2.31. The second-order valence-corrected chi connectivity index (χ2v) is 8.02. The molecule has 0 saturated carbocycles. The van der Waals surface area contributed by atoms with Crippen LogP contribution in [0.3, 0.4) is 0 Å². The van der Waals surface area contributed by atoms with Gasteiger partial charge in [0.15, 0.2) is 0 Å². The van der Waals surface area contributed by atoms with E-state index >= 15 is 0 Å². The van der Waals surface area contributed by atoms with Crippen LogP contribution in [-0.2, 0) is 9.59 Å². The molecule has 3 N–H and O–H groups in total. The number of hydrogen-bond acceptors (Lipinski definition) is 5. The highest BCUT2D eigenvalue weighted by atomic mass is 35.5. The lowest BCUT2D eigenvalue weighted by molar-refractivity contribution is -0.603. The van der Waals surface area contributed by atoms with Gasteiger partial charge >= 0.3 is 0 Å². The summed E-state index contributed by atoms with van der Waals surface area (Å²) >= 11 is 6.45. The number of carbonyl (C=O) groups excluding carboxylic acids is 2. The Hall–Kier alpha value is -1.98. The Kier molecular flexibility index (Phi) is 6.12. The lowest BCUT2D eigenvalue weighted by Gasteiger charge is -2.37. The second-order valence-electron chi connectivity index (χ2n) is 7.61. The molecule has 0 spiro atoms. The van der Waals surface area contributed by atoms with Gasteiger partial charge in [0.05, 0.1) is 18.5 Å². The van der Waals surface area contributed by atoms with Crippen LogP contribution < -0.4 is 16.0 Å². The van der Waals surface area contributed by atoms with Crippen molar-refractivity contribution in [1.82, 2.24) is 16.0 Å². The van der Waals surface area contributed by atoms with Gasteiger partial charge in [-0.2, -0.15) is 5.26 Å². The minimum atomic E-state index is -0.371. The van der Waals surface area contributed by atoms with Crippen LogP contribution in [0.2, 0.25) is 0 Å². The number of carbonyl (C=O) groups is 2. The Morgan fingerprint density at radius 1 is 1.44 bits per heavy atom. The Balaban J connectivity index is 1.61. The number of nitroso groups, excluding NO2 is 1. The van der Waals surface area contributed by atoms with E-state index in [2.05, 4.69) is 22.0 Å². The summed E-state index contributed by atoms with van der Waals surface area (Å²) in [6.07, 6.45) is 1.91. The van der Waals surface area contributed by atoms with Crippen LogP contribution in [0, 0.1) is 28.1 Å². The minimum absolute atomic E-state index is 0.00302. The fourth-order valence-electron chi connectivity index (χ4n) is 4.18. The lowest BCUT2D eigenvalue weighted by atomic mass is 9.86. The van der Waals surface area contributed by atoms with Gasteiger partial charge in [0.2, 0.25) is 24.4 Å². The van der Waals surface area contributed by atoms with Gasteiger partial charge in [0.1, 0.15) is 5.92 Å². The second kappa shape index (κ2) is 8.36. The Morgan fingerprint density at radius 3 is 2.93 bits per heavy atom. The van der Waals surface area contributed by atoms with E-state index in [0.29, 0.717) is 30.0 Å². The van der Waals surface area contributed by atoms with E-state index in [9.17, 15) is 14.5 Å². The van der Waals surface area contributed by atoms with E-state index in [1.807, 2.05) is 0 Å². The Morgan fingerprint density at radius 2 is 2.22 bits per heavy atom. The van der Waals surface area contributed by atoms with Gasteiger partial charge in [-0.25, -0.2) is 0 Å². The third kappa shape index (κ3) is 4.30. The van der Waals surface area contributed by atoms with E-state index in [0.717, 1.165) is 17.7 Å². The van der Waals surface area contributed by atoms with Gasteiger partial charge in [-0.1, -0.05) is 11.6 Å². The molecule has 0 aromatic rings. The maximum absolute atomic E-state index is 12.5. The average molecular weight is 395 g/mol. The predicted octanol–water partition coefficient (Wildman–Crippen LogP) is 0.563. The molecule has 3 aliphatic rings. The fraction of sp³-hybridized carbons (Fsp3) is 0.722. The number of amides is 2.